The lowest BCUT2D eigenvalue weighted by Crippen LogP contribution is -2.08. The third kappa shape index (κ3) is 1.76. The molecule has 0 bridgehead atoms. The molecule has 1 atom stereocenters. The first kappa shape index (κ1) is 10.6. The average molecular weight is 250 g/mol. The van der Waals surface area contributed by atoms with E-state index in [0.717, 1.165) is 29.4 Å². The summed E-state index contributed by atoms with van der Waals surface area (Å²) in [5, 5.41) is 11.7. The van der Waals surface area contributed by atoms with E-state index >= 15 is 0 Å². The number of nitrogens with one attached hydrogen (secondary N) is 2. The zero-order valence-electron chi connectivity index (χ0n) is 10.4. The molecule has 1 aromatic carbocycles. The molecule has 2 aromatic heterocycles. The van der Waals surface area contributed by atoms with E-state index in [0.29, 0.717) is 6.04 Å². The maximum absolute atomic E-state index is 4.51. The summed E-state index contributed by atoms with van der Waals surface area (Å²) in [5.41, 5.74) is 4.72. The molecule has 4 rings (SSSR count). The minimum atomic E-state index is 0.316. The van der Waals surface area contributed by atoms with Crippen LogP contribution in [-0.4, -0.2) is 15.2 Å². The van der Waals surface area contributed by atoms with Crippen LogP contribution in [0.5, 0.6) is 0 Å². The van der Waals surface area contributed by atoms with Crippen LogP contribution in [0.3, 0.4) is 0 Å². The summed E-state index contributed by atoms with van der Waals surface area (Å²) in [7, 11) is 0. The number of aromatic nitrogens is 3. The van der Waals surface area contributed by atoms with Crippen LogP contribution in [-0.2, 0) is 6.42 Å². The molecule has 1 aliphatic rings. The molecular formula is C15H14N4. The van der Waals surface area contributed by atoms with E-state index in [1.807, 2.05) is 18.5 Å². The fourth-order valence-electron chi connectivity index (χ4n) is 2.78. The highest BCUT2D eigenvalue weighted by atomic mass is 15.1. The molecule has 0 saturated carbocycles. The second-order valence-corrected chi connectivity index (χ2v) is 4.96. The lowest BCUT2D eigenvalue weighted by atomic mass is 10.2. The van der Waals surface area contributed by atoms with Crippen LogP contribution >= 0.6 is 0 Å². The van der Waals surface area contributed by atoms with Crippen molar-refractivity contribution in [1.82, 2.24) is 15.2 Å². The molecule has 0 aliphatic heterocycles. The number of aryl methyl sites for hydroxylation is 1. The van der Waals surface area contributed by atoms with E-state index in [1.54, 1.807) is 0 Å². The first-order chi connectivity index (χ1) is 9.40. The number of aromatic amines is 1. The van der Waals surface area contributed by atoms with Crippen molar-refractivity contribution in [3.8, 4) is 0 Å². The number of anilines is 1. The minimum absolute atomic E-state index is 0.316. The van der Waals surface area contributed by atoms with E-state index in [9.17, 15) is 0 Å². The fourth-order valence-corrected chi connectivity index (χ4v) is 2.78. The van der Waals surface area contributed by atoms with E-state index in [-0.39, 0.29) is 0 Å². The summed E-state index contributed by atoms with van der Waals surface area (Å²) in [5.74, 6) is 0. The van der Waals surface area contributed by atoms with E-state index in [1.165, 1.54) is 11.3 Å². The number of nitrogens with zero attached hydrogens (tertiary/aromatic N) is 2. The summed E-state index contributed by atoms with van der Waals surface area (Å²) in [6, 6.07) is 10.8. The van der Waals surface area contributed by atoms with Gasteiger partial charge in [0.25, 0.3) is 0 Å². The molecule has 0 amide bonds. The van der Waals surface area contributed by atoms with Crippen LogP contribution in [0.1, 0.15) is 23.7 Å². The number of H-pyrrole nitrogens is 1. The third-order valence-electron chi connectivity index (χ3n) is 3.74. The zero-order valence-corrected chi connectivity index (χ0v) is 10.4. The van der Waals surface area contributed by atoms with Gasteiger partial charge in [-0.1, -0.05) is 6.07 Å². The van der Waals surface area contributed by atoms with Crippen molar-refractivity contribution in [2.24, 2.45) is 0 Å². The molecule has 0 spiro atoms. The van der Waals surface area contributed by atoms with Crippen molar-refractivity contribution >= 4 is 16.6 Å². The number of fused-ring (bicyclic) bond motifs is 2. The molecule has 4 heteroatoms. The number of rotatable bonds is 2. The maximum atomic E-state index is 4.51. The maximum Gasteiger partial charge on any atom is 0.0691 e. The molecule has 0 saturated heterocycles. The van der Waals surface area contributed by atoms with Crippen LogP contribution in [0.2, 0.25) is 0 Å². The molecule has 19 heavy (non-hydrogen) atoms. The van der Waals surface area contributed by atoms with Gasteiger partial charge >= 0.3 is 0 Å². The van der Waals surface area contributed by atoms with Crippen molar-refractivity contribution in [2.75, 3.05) is 5.32 Å². The smallest absolute Gasteiger partial charge is 0.0691 e. The summed E-state index contributed by atoms with van der Waals surface area (Å²) >= 11 is 0. The quantitative estimate of drug-likeness (QED) is 0.735. The lowest BCUT2D eigenvalue weighted by Gasteiger charge is -2.14. The number of hydrogen-bond acceptors (Lipinski definition) is 3. The Labute approximate surface area is 110 Å². The van der Waals surface area contributed by atoms with Gasteiger partial charge in [-0.3, -0.25) is 10.1 Å². The molecular weight excluding hydrogens is 236 g/mol. The predicted molar refractivity (Wildman–Crippen MR) is 75.0 cm³/mol. The highest BCUT2D eigenvalue weighted by Gasteiger charge is 2.23. The van der Waals surface area contributed by atoms with Crippen molar-refractivity contribution in [3.63, 3.8) is 0 Å². The first-order valence-corrected chi connectivity index (χ1v) is 6.53. The summed E-state index contributed by atoms with van der Waals surface area (Å²) < 4.78 is 0. The summed E-state index contributed by atoms with van der Waals surface area (Å²) in [6.45, 7) is 0. The SMILES string of the molecule is c1cnc2c(c1)CCC2Nc1ccc2cn[nH]c2c1. The van der Waals surface area contributed by atoms with Crippen molar-refractivity contribution in [1.29, 1.82) is 0 Å². The largest absolute Gasteiger partial charge is 0.377 e. The summed E-state index contributed by atoms with van der Waals surface area (Å²) in [6.07, 6.45) is 5.92. The molecule has 1 unspecified atom stereocenters. The molecule has 2 N–H and O–H groups in total. The van der Waals surface area contributed by atoms with Crippen molar-refractivity contribution < 1.29 is 0 Å². The van der Waals surface area contributed by atoms with Gasteiger partial charge in [-0.25, -0.2) is 0 Å². The zero-order chi connectivity index (χ0) is 12.7. The molecule has 3 aromatic rings. The predicted octanol–water partition coefficient (Wildman–Crippen LogP) is 3.06. The van der Waals surface area contributed by atoms with Gasteiger partial charge in [-0.05, 0) is 42.7 Å². The number of benzene rings is 1. The Morgan fingerprint density at radius 3 is 3.26 bits per heavy atom. The van der Waals surface area contributed by atoms with Gasteiger partial charge in [0.2, 0.25) is 0 Å². The van der Waals surface area contributed by atoms with Gasteiger partial charge in [-0.15, -0.1) is 0 Å². The monoisotopic (exact) mass is 250 g/mol. The second-order valence-electron chi connectivity index (χ2n) is 4.96. The van der Waals surface area contributed by atoms with Gasteiger partial charge in [0, 0.05) is 17.3 Å². The van der Waals surface area contributed by atoms with E-state index < -0.39 is 0 Å². The minimum Gasteiger partial charge on any atom is -0.377 e. The highest BCUT2D eigenvalue weighted by Crippen LogP contribution is 2.32. The number of pyridine rings is 1. The van der Waals surface area contributed by atoms with Gasteiger partial charge in [0.05, 0.1) is 23.4 Å². The van der Waals surface area contributed by atoms with Crippen molar-refractivity contribution in [3.05, 3.63) is 54.0 Å². The standard InChI is InChI=1S/C15H14N4/c1-2-10-4-6-13(15(10)16-7-1)18-12-5-3-11-9-17-19-14(11)8-12/h1-3,5,7-9,13,18H,4,6H2,(H,17,19). The molecule has 1 aliphatic carbocycles. The van der Waals surface area contributed by atoms with E-state index in [4.69, 9.17) is 0 Å². The average Bonchev–Trinajstić information content (AvgIpc) is 3.06. The third-order valence-corrected chi connectivity index (χ3v) is 3.74. The van der Waals surface area contributed by atoms with Crippen LogP contribution in [0.15, 0.2) is 42.7 Å². The van der Waals surface area contributed by atoms with Crippen molar-refractivity contribution in [2.45, 2.75) is 18.9 Å². The Morgan fingerprint density at radius 2 is 2.26 bits per heavy atom. The first-order valence-electron chi connectivity index (χ1n) is 6.53. The van der Waals surface area contributed by atoms with Crippen LogP contribution in [0, 0.1) is 0 Å². The van der Waals surface area contributed by atoms with Crippen LogP contribution in [0.4, 0.5) is 5.69 Å². The van der Waals surface area contributed by atoms with Gasteiger partial charge in [-0.2, -0.15) is 5.10 Å². The lowest BCUT2D eigenvalue weighted by molar-refractivity contribution is 0.746. The Kier molecular flexibility index (Phi) is 2.27. The Morgan fingerprint density at radius 1 is 1.26 bits per heavy atom. The van der Waals surface area contributed by atoms with Gasteiger partial charge in [0.1, 0.15) is 0 Å². The molecule has 0 fully saturated rings. The topological polar surface area (TPSA) is 53.6 Å². The Bertz CT molecular complexity index is 732. The number of hydrogen-bond donors (Lipinski definition) is 2. The van der Waals surface area contributed by atoms with Crippen LogP contribution in [0.25, 0.3) is 10.9 Å². The second kappa shape index (κ2) is 4.09. The normalized spacial score (nSPS) is 17.6. The van der Waals surface area contributed by atoms with E-state index in [2.05, 4.69) is 44.8 Å². The molecule has 2 heterocycles. The molecule has 0 radical (unpaired) electrons. The molecule has 4 nitrogen and oxygen atoms in total. The van der Waals surface area contributed by atoms with Gasteiger partial charge < -0.3 is 5.32 Å². The van der Waals surface area contributed by atoms with Gasteiger partial charge in [0.15, 0.2) is 0 Å². The fraction of sp³-hybridized carbons (Fsp3) is 0.200. The Hall–Kier alpha value is -2.36. The molecule has 94 valence electrons. The summed E-state index contributed by atoms with van der Waals surface area (Å²) in [4.78, 5) is 4.51. The van der Waals surface area contributed by atoms with Crippen LogP contribution < -0.4 is 5.32 Å². The Balaban J connectivity index is 1.65. The highest BCUT2D eigenvalue weighted by molar-refractivity contribution is 5.81.